The maximum absolute atomic E-state index is 9.36. The van der Waals surface area contributed by atoms with Crippen molar-refractivity contribution in [2.75, 3.05) is 0 Å². The van der Waals surface area contributed by atoms with Crippen molar-refractivity contribution in [1.29, 1.82) is 5.26 Å². The molecule has 0 radical (unpaired) electrons. The molecule has 16 heavy (non-hydrogen) atoms. The van der Waals surface area contributed by atoms with Gasteiger partial charge in [0.25, 0.3) is 0 Å². The molecule has 0 spiro atoms. The summed E-state index contributed by atoms with van der Waals surface area (Å²) in [6.45, 7) is 0. The van der Waals surface area contributed by atoms with Gasteiger partial charge in [-0.3, -0.25) is 4.57 Å². The van der Waals surface area contributed by atoms with E-state index in [1.807, 2.05) is 22.8 Å². The number of aromatic nitrogens is 2. The van der Waals surface area contributed by atoms with Crippen molar-refractivity contribution in [2.24, 2.45) is 0 Å². The summed E-state index contributed by atoms with van der Waals surface area (Å²) in [5.41, 5.74) is 2.19. The maximum Gasteiger partial charge on any atom is 0.146 e. The zero-order chi connectivity index (χ0) is 11.1. The van der Waals surface area contributed by atoms with Crippen LogP contribution in [0.25, 0.3) is 16.7 Å². The van der Waals surface area contributed by atoms with Crippen LogP contribution >= 0.6 is 0 Å². The largest absolute Gasteiger partial charge is 0.506 e. The van der Waals surface area contributed by atoms with Crippen LogP contribution in [0.1, 0.15) is 5.56 Å². The fraction of sp³-hybridized carbons (Fsp3) is 0. The summed E-state index contributed by atoms with van der Waals surface area (Å²) < 4.78 is 1.84. The van der Waals surface area contributed by atoms with Crippen LogP contribution < -0.4 is 0 Å². The highest BCUT2D eigenvalue weighted by Gasteiger charge is 2.13. The second kappa shape index (κ2) is 2.97. The van der Waals surface area contributed by atoms with Gasteiger partial charge in [0.05, 0.1) is 11.8 Å². The molecule has 0 aromatic carbocycles. The van der Waals surface area contributed by atoms with Crippen molar-refractivity contribution in [3.8, 4) is 11.8 Å². The molecule has 0 bridgehead atoms. The molecule has 1 aliphatic rings. The summed E-state index contributed by atoms with van der Waals surface area (Å²) in [4.78, 5) is 4.14. The van der Waals surface area contributed by atoms with Crippen molar-refractivity contribution >= 4 is 16.7 Å². The number of nitriles is 1. The molecular weight excluding hydrogens is 202 g/mol. The van der Waals surface area contributed by atoms with Crippen LogP contribution in [0, 0.1) is 11.3 Å². The Kier molecular flexibility index (Phi) is 1.62. The lowest BCUT2D eigenvalue weighted by Gasteiger charge is -2.09. The molecule has 4 heteroatoms. The predicted molar refractivity (Wildman–Crippen MR) is 59.5 cm³/mol. The molecule has 2 aromatic rings. The zero-order valence-corrected chi connectivity index (χ0v) is 8.25. The second-order valence-corrected chi connectivity index (χ2v) is 3.54. The van der Waals surface area contributed by atoms with E-state index in [4.69, 9.17) is 5.26 Å². The highest BCUT2D eigenvalue weighted by molar-refractivity contribution is 5.89. The number of pyridine rings is 1. The van der Waals surface area contributed by atoms with Gasteiger partial charge in [-0.2, -0.15) is 5.26 Å². The molecule has 3 rings (SSSR count). The molecule has 0 saturated carbocycles. The number of aromatic hydroxyl groups is 1. The van der Waals surface area contributed by atoms with E-state index >= 15 is 0 Å². The van der Waals surface area contributed by atoms with Crippen LogP contribution in [0.5, 0.6) is 5.75 Å². The Morgan fingerprint density at radius 3 is 2.88 bits per heavy atom. The quantitative estimate of drug-likeness (QED) is 0.781. The van der Waals surface area contributed by atoms with Gasteiger partial charge in [0.2, 0.25) is 0 Å². The lowest BCUT2D eigenvalue weighted by atomic mass is 10.2. The van der Waals surface area contributed by atoms with E-state index in [-0.39, 0.29) is 5.75 Å². The van der Waals surface area contributed by atoms with Gasteiger partial charge in [0.1, 0.15) is 17.5 Å². The van der Waals surface area contributed by atoms with Crippen molar-refractivity contribution < 1.29 is 5.11 Å². The van der Waals surface area contributed by atoms with Crippen molar-refractivity contribution in [3.05, 3.63) is 42.3 Å². The maximum atomic E-state index is 9.36. The lowest BCUT2D eigenvalue weighted by molar-refractivity contribution is 0.474. The Morgan fingerprint density at radius 2 is 2.25 bits per heavy atom. The molecular formula is C12H7N3O. The topological polar surface area (TPSA) is 61.8 Å². The van der Waals surface area contributed by atoms with E-state index in [0.717, 1.165) is 5.70 Å². The van der Waals surface area contributed by atoms with Gasteiger partial charge >= 0.3 is 0 Å². The van der Waals surface area contributed by atoms with Gasteiger partial charge in [-0.05, 0) is 18.2 Å². The minimum atomic E-state index is 0.0693. The lowest BCUT2D eigenvalue weighted by Crippen LogP contribution is -1.97. The molecule has 2 aromatic heterocycles. The van der Waals surface area contributed by atoms with E-state index in [2.05, 4.69) is 11.1 Å². The van der Waals surface area contributed by atoms with E-state index in [9.17, 15) is 5.11 Å². The van der Waals surface area contributed by atoms with Crippen LogP contribution in [0.2, 0.25) is 0 Å². The fourth-order valence-electron chi connectivity index (χ4n) is 1.73. The number of allylic oxidation sites excluding steroid dienone is 4. The first-order valence-corrected chi connectivity index (χ1v) is 4.78. The Morgan fingerprint density at radius 1 is 1.44 bits per heavy atom. The number of nitrogens with zero attached hydrogens (tertiary/aromatic N) is 3. The van der Waals surface area contributed by atoms with E-state index in [0.29, 0.717) is 16.6 Å². The molecule has 0 aliphatic heterocycles. The van der Waals surface area contributed by atoms with E-state index in [1.165, 1.54) is 6.20 Å². The zero-order valence-electron chi connectivity index (χ0n) is 8.25. The summed E-state index contributed by atoms with van der Waals surface area (Å²) in [5, 5.41) is 19.0. The summed E-state index contributed by atoms with van der Waals surface area (Å²) in [5.74, 6) is 0.0693. The van der Waals surface area contributed by atoms with E-state index in [1.54, 1.807) is 12.3 Å². The molecule has 4 nitrogen and oxygen atoms in total. The molecule has 0 unspecified atom stereocenters. The van der Waals surface area contributed by atoms with Gasteiger partial charge < -0.3 is 5.11 Å². The summed E-state index contributed by atoms with van der Waals surface area (Å²) >= 11 is 0. The molecule has 1 N–H and O–H groups in total. The first-order valence-electron chi connectivity index (χ1n) is 4.78. The SMILES string of the molecule is N#Cc1cn(C2=CC=C2)c2ncc(O)cc12. The third-order valence-electron chi connectivity index (χ3n) is 2.56. The molecule has 76 valence electrons. The van der Waals surface area contributed by atoms with Crippen molar-refractivity contribution in [1.82, 2.24) is 9.55 Å². The third-order valence-corrected chi connectivity index (χ3v) is 2.56. The molecule has 2 heterocycles. The first-order chi connectivity index (χ1) is 7.79. The number of rotatable bonds is 1. The van der Waals surface area contributed by atoms with Crippen molar-refractivity contribution in [2.45, 2.75) is 0 Å². The van der Waals surface area contributed by atoms with Gasteiger partial charge in [-0.1, -0.05) is 6.08 Å². The molecule has 1 aliphatic carbocycles. The van der Waals surface area contributed by atoms with Crippen LogP contribution in [-0.4, -0.2) is 14.7 Å². The Hall–Kier alpha value is -2.54. The molecule has 0 amide bonds. The summed E-state index contributed by atoms with van der Waals surface area (Å²) in [7, 11) is 0. The normalized spacial score (nSPS) is 13.3. The smallest absolute Gasteiger partial charge is 0.146 e. The average molecular weight is 209 g/mol. The first kappa shape index (κ1) is 8.74. The van der Waals surface area contributed by atoms with Gasteiger partial charge in [0, 0.05) is 17.3 Å². The highest BCUT2D eigenvalue weighted by Crippen LogP contribution is 2.27. The summed E-state index contributed by atoms with van der Waals surface area (Å²) in [6.07, 6.45) is 8.91. The van der Waals surface area contributed by atoms with Gasteiger partial charge in [-0.15, -0.1) is 0 Å². The number of fused-ring (bicyclic) bond motifs is 1. The fourth-order valence-corrected chi connectivity index (χ4v) is 1.73. The highest BCUT2D eigenvalue weighted by atomic mass is 16.3. The standard InChI is InChI=1S/C12H7N3O/c13-5-8-7-15(9-2-1-3-9)12-11(8)4-10(16)6-14-12/h1-4,6-7,16H. The average Bonchev–Trinajstić information content (AvgIpc) is 2.54. The van der Waals surface area contributed by atoms with E-state index < -0.39 is 0 Å². The van der Waals surface area contributed by atoms with Gasteiger partial charge in [0.15, 0.2) is 0 Å². The molecule has 0 atom stereocenters. The third kappa shape index (κ3) is 1.06. The van der Waals surface area contributed by atoms with Crippen LogP contribution in [-0.2, 0) is 0 Å². The van der Waals surface area contributed by atoms with Gasteiger partial charge in [-0.25, -0.2) is 4.98 Å². The molecule has 0 fully saturated rings. The Labute approximate surface area is 91.4 Å². The van der Waals surface area contributed by atoms with Crippen LogP contribution in [0.4, 0.5) is 0 Å². The Balaban J connectivity index is 2.35. The predicted octanol–water partition coefficient (Wildman–Crippen LogP) is 2.02. The molecule has 0 saturated heterocycles. The summed E-state index contributed by atoms with van der Waals surface area (Å²) in [6, 6.07) is 3.65. The van der Waals surface area contributed by atoms with Crippen molar-refractivity contribution in [3.63, 3.8) is 0 Å². The van der Waals surface area contributed by atoms with Crippen LogP contribution in [0.3, 0.4) is 0 Å². The number of hydrogen-bond donors (Lipinski definition) is 1. The second-order valence-electron chi connectivity index (χ2n) is 3.54. The number of hydrogen-bond acceptors (Lipinski definition) is 3. The minimum Gasteiger partial charge on any atom is -0.506 e. The van der Waals surface area contributed by atoms with Crippen LogP contribution in [0.15, 0.2) is 36.7 Å². The minimum absolute atomic E-state index is 0.0693. The Bertz CT molecular complexity index is 686. The monoisotopic (exact) mass is 209 g/mol.